The van der Waals surface area contributed by atoms with Crippen LogP contribution in [0.25, 0.3) is 0 Å². The lowest BCUT2D eigenvalue weighted by Crippen LogP contribution is -2.31. The summed E-state index contributed by atoms with van der Waals surface area (Å²) >= 11 is 0. The van der Waals surface area contributed by atoms with Gasteiger partial charge in [-0.3, -0.25) is 0 Å². The summed E-state index contributed by atoms with van der Waals surface area (Å²) in [5.41, 5.74) is 0. The van der Waals surface area contributed by atoms with Gasteiger partial charge in [-0.05, 0) is 19.1 Å². The smallest absolute Gasteiger partial charge is 0.265 e. The Labute approximate surface area is 101 Å². The summed E-state index contributed by atoms with van der Waals surface area (Å²) in [6.45, 7) is 4.66. The molecule has 0 aliphatic carbocycles. The second-order valence-corrected chi connectivity index (χ2v) is 3.85. The molecule has 0 saturated heterocycles. The van der Waals surface area contributed by atoms with Gasteiger partial charge in [0.15, 0.2) is 0 Å². The Hall–Kier alpha value is -1.84. The first-order valence-corrected chi connectivity index (χ1v) is 5.98. The van der Waals surface area contributed by atoms with E-state index >= 15 is 0 Å². The topological polar surface area (TPSA) is 30.9 Å². The van der Waals surface area contributed by atoms with E-state index < -0.39 is 0 Å². The van der Waals surface area contributed by atoms with Gasteiger partial charge in [-0.15, -0.1) is 4.68 Å². The van der Waals surface area contributed by atoms with Gasteiger partial charge in [0.25, 0.3) is 6.33 Å². The van der Waals surface area contributed by atoms with Gasteiger partial charge in [0.05, 0.1) is 13.2 Å². The van der Waals surface area contributed by atoms with Crippen LogP contribution in [-0.4, -0.2) is 16.4 Å². The van der Waals surface area contributed by atoms with Crippen LogP contribution in [0.5, 0.6) is 5.75 Å². The molecule has 0 atom stereocenters. The minimum absolute atomic E-state index is 0.730. The molecule has 1 heterocycles. The number of nitrogens with zero attached hydrogens (tertiary/aromatic N) is 3. The van der Waals surface area contributed by atoms with Crippen molar-refractivity contribution < 1.29 is 9.30 Å². The Bertz CT molecular complexity index is 439. The quantitative estimate of drug-likeness (QED) is 0.560. The van der Waals surface area contributed by atoms with Gasteiger partial charge in [0.1, 0.15) is 12.3 Å². The molecule has 0 unspecified atom stereocenters. The molecule has 0 saturated carbocycles. The van der Waals surface area contributed by atoms with Gasteiger partial charge < -0.3 is 4.74 Å². The van der Waals surface area contributed by atoms with Crippen molar-refractivity contribution in [1.82, 2.24) is 9.78 Å². The number of benzene rings is 1. The number of para-hydroxylation sites is 1. The molecule has 0 amide bonds. The summed E-state index contributed by atoms with van der Waals surface area (Å²) in [6, 6.07) is 9.90. The summed E-state index contributed by atoms with van der Waals surface area (Å²) in [5, 5.41) is 4.21. The van der Waals surface area contributed by atoms with Crippen molar-refractivity contribution in [3.63, 3.8) is 0 Å². The molecule has 0 radical (unpaired) electrons. The van der Waals surface area contributed by atoms with E-state index in [0.717, 1.165) is 31.9 Å². The van der Waals surface area contributed by atoms with Gasteiger partial charge >= 0.3 is 0 Å². The lowest BCUT2D eigenvalue weighted by molar-refractivity contribution is -0.698. The maximum Gasteiger partial charge on any atom is 0.265 e. The SMILES string of the molecule is CCn1c[n+](CCCOc2ccccc2)cn1. The van der Waals surface area contributed by atoms with Gasteiger partial charge in [0, 0.05) is 11.5 Å². The van der Waals surface area contributed by atoms with Crippen molar-refractivity contribution in [2.75, 3.05) is 6.61 Å². The summed E-state index contributed by atoms with van der Waals surface area (Å²) in [7, 11) is 0. The molecule has 4 nitrogen and oxygen atoms in total. The fraction of sp³-hybridized carbons (Fsp3) is 0.385. The standard InChI is InChI=1S/C13H18N3O/c1-2-16-12-15(11-14-16)9-6-10-17-13-7-4-3-5-8-13/h3-5,7-8,11-12H,2,6,9-10H2,1H3/q+1. The molecule has 2 rings (SSSR count). The van der Waals surface area contributed by atoms with E-state index in [9.17, 15) is 0 Å². The molecule has 90 valence electrons. The third-order valence-corrected chi connectivity index (χ3v) is 2.53. The second kappa shape index (κ2) is 6.03. The molecule has 1 aromatic heterocycles. The average molecular weight is 232 g/mol. The molecule has 0 aliphatic rings. The van der Waals surface area contributed by atoms with Gasteiger partial charge in [0.2, 0.25) is 6.33 Å². The number of aryl methyl sites for hydroxylation is 2. The van der Waals surface area contributed by atoms with Crippen molar-refractivity contribution in [2.45, 2.75) is 26.4 Å². The third-order valence-electron chi connectivity index (χ3n) is 2.53. The average Bonchev–Trinajstić information content (AvgIpc) is 2.84. The molecular formula is C13H18N3O+. The van der Waals surface area contributed by atoms with Crippen LogP contribution in [0, 0.1) is 0 Å². The molecular weight excluding hydrogens is 214 g/mol. The van der Waals surface area contributed by atoms with Gasteiger partial charge in [-0.25, -0.2) is 4.57 Å². The minimum atomic E-state index is 0.730. The molecule has 17 heavy (non-hydrogen) atoms. The van der Waals surface area contributed by atoms with E-state index in [2.05, 4.69) is 16.6 Å². The second-order valence-electron chi connectivity index (χ2n) is 3.85. The zero-order chi connectivity index (χ0) is 11.9. The first-order valence-electron chi connectivity index (χ1n) is 5.98. The van der Waals surface area contributed by atoms with Crippen molar-refractivity contribution in [2.24, 2.45) is 0 Å². The van der Waals surface area contributed by atoms with Crippen LogP contribution in [0.15, 0.2) is 43.0 Å². The molecule has 0 N–H and O–H groups in total. The molecule has 1 aromatic carbocycles. The summed E-state index contributed by atoms with van der Waals surface area (Å²) in [6.07, 6.45) is 4.85. The highest BCUT2D eigenvalue weighted by molar-refractivity contribution is 5.20. The number of aromatic nitrogens is 3. The Morgan fingerprint density at radius 1 is 1.29 bits per heavy atom. The van der Waals surface area contributed by atoms with Crippen LogP contribution in [0.4, 0.5) is 0 Å². The van der Waals surface area contributed by atoms with E-state index in [-0.39, 0.29) is 0 Å². The lowest BCUT2D eigenvalue weighted by atomic mass is 10.3. The number of hydrogen-bond donors (Lipinski definition) is 0. The molecule has 2 aromatic rings. The van der Waals surface area contributed by atoms with Crippen molar-refractivity contribution in [3.8, 4) is 5.75 Å². The first kappa shape index (κ1) is 11.6. The van der Waals surface area contributed by atoms with E-state index in [0.29, 0.717) is 0 Å². The van der Waals surface area contributed by atoms with E-state index in [1.165, 1.54) is 0 Å². The predicted octanol–water partition coefficient (Wildman–Crippen LogP) is 1.66. The third kappa shape index (κ3) is 3.59. The minimum Gasteiger partial charge on any atom is -0.493 e. The maximum absolute atomic E-state index is 5.62. The lowest BCUT2D eigenvalue weighted by Gasteiger charge is -2.04. The van der Waals surface area contributed by atoms with Crippen LogP contribution in [0.3, 0.4) is 0 Å². The fourth-order valence-electron chi connectivity index (χ4n) is 1.60. The van der Waals surface area contributed by atoms with Gasteiger partial charge in [-0.1, -0.05) is 18.2 Å². The number of ether oxygens (including phenoxy) is 1. The Balaban J connectivity index is 1.69. The van der Waals surface area contributed by atoms with Crippen LogP contribution in [0.2, 0.25) is 0 Å². The summed E-state index contributed by atoms with van der Waals surface area (Å²) < 4.78 is 9.62. The fourth-order valence-corrected chi connectivity index (χ4v) is 1.60. The highest BCUT2D eigenvalue weighted by Gasteiger charge is 2.02. The normalized spacial score (nSPS) is 10.4. The Morgan fingerprint density at radius 3 is 2.82 bits per heavy atom. The molecule has 0 spiro atoms. The van der Waals surface area contributed by atoms with Crippen LogP contribution >= 0.6 is 0 Å². The zero-order valence-electron chi connectivity index (χ0n) is 10.1. The predicted molar refractivity (Wildman–Crippen MR) is 64.7 cm³/mol. The number of rotatable bonds is 6. The van der Waals surface area contributed by atoms with Gasteiger partial charge in [-0.2, -0.15) is 0 Å². The van der Waals surface area contributed by atoms with Crippen LogP contribution < -0.4 is 9.30 Å². The summed E-state index contributed by atoms with van der Waals surface area (Å²) in [4.78, 5) is 0. The number of hydrogen-bond acceptors (Lipinski definition) is 2. The van der Waals surface area contributed by atoms with Crippen molar-refractivity contribution >= 4 is 0 Å². The zero-order valence-corrected chi connectivity index (χ0v) is 10.1. The molecule has 0 bridgehead atoms. The first-order chi connectivity index (χ1) is 8.38. The highest BCUT2D eigenvalue weighted by Crippen LogP contribution is 2.08. The van der Waals surface area contributed by atoms with Crippen LogP contribution in [0.1, 0.15) is 13.3 Å². The molecule has 0 fully saturated rings. The van der Waals surface area contributed by atoms with Crippen molar-refractivity contribution in [3.05, 3.63) is 43.0 Å². The Morgan fingerprint density at radius 2 is 2.12 bits per heavy atom. The maximum atomic E-state index is 5.62. The van der Waals surface area contributed by atoms with Crippen molar-refractivity contribution in [1.29, 1.82) is 0 Å². The monoisotopic (exact) mass is 232 g/mol. The molecule has 0 aliphatic heterocycles. The molecule has 4 heteroatoms. The van der Waals surface area contributed by atoms with E-state index in [1.807, 2.05) is 47.7 Å². The Kier molecular flexibility index (Phi) is 4.13. The van der Waals surface area contributed by atoms with E-state index in [1.54, 1.807) is 0 Å². The van der Waals surface area contributed by atoms with E-state index in [4.69, 9.17) is 4.74 Å². The summed E-state index contributed by atoms with van der Waals surface area (Å²) in [5.74, 6) is 0.932. The highest BCUT2D eigenvalue weighted by atomic mass is 16.5. The largest absolute Gasteiger partial charge is 0.493 e. The van der Waals surface area contributed by atoms with Crippen LogP contribution in [-0.2, 0) is 13.1 Å².